The Labute approximate surface area is 149 Å². The molecule has 1 aliphatic heterocycles. The Kier molecular flexibility index (Phi) is 5.19. The van der Waals surface area contributed by atoms with E-state index in [4.69, 9.17) is 4.74 Å². The van der Waals surface area contributed by atoms with Gasteiger partial charge in [-0.05, 0) is 49.6 Å². The summed E-state index contributed by atoms with van der Waals surface area (Å²) >= 11 is 5.09. The molecule has 1 aromatic carbocycles. The third-order valence-corrected chi connectivity index (χ3v) is 5.93. The van der Waals surface area contributed by atoms with Crippen LogP contribution in [0.4, 0.5) is 0 Å². The molecular weight excluding hydrogens is 374 g/mol. The van der Waals surface area contributed by atoms with Gasteiger partial charge in [-0.1, -0.05) is 28.1 Å². The summed E-state index contributed by atoms with van der Waals surface area (Å²) in [6.45, 7) is 4.13. The number of thiophene rings is 1. The smallest absolute Gasteiger partial charge is 0.261 e. The van der Waals surface area contributed by atoms with E-state index in [0.29, 0.717) is 6.54 Å². The molecule has 0 radical (unpaired) electrons. The zero-order chi connectivity index (χ0) is 16.3. The summed E-state index contributed by atoms with van der Waals surface area (Å²) in [6, 6.07) is 12.3. The summed E-state index contributed by atoms with van der Waals surface area (Å²) in [5, 5.41) is 3.14. The molecule has 1 amide bonds. The van der Waals surface area contributed by atoms with Crippen LogP contribution in [-0.2, 0) is 10.2 Å². The van der Waals surface area contributed by atoms with E-state index in [2.05, 4.69) is 39.4 Å². The number of nitrogens with one attached hydrogen (secondary N) is 1. The molecule has 2 aromatic rings. The van der Waals surface area contributed by atoms with Gasteiger partial charge in [0, 0.05) is 34.5 Å². The number of carbonyl (C=O) groups excluding carboxylic acids is 1. The average Bonchev–Trinajstić information content (AvgIpc) is 3.00. The molecule has 3 rings (SSSR count). The number of benzene rings is 1. The van der Waals surface area contributed by atoms with Gasteiger partial charge in [-0.25, -0.2) is 0 Å². The summed E-state index contributed by atoms with van der Waals surface area (Å²) in [7, 11) is 0. The monoisotopic (exact) mass is 393 g/mol. The first-order valence-corrected chi connectivity index (χ1v) is 9.38. The van der Waals surface area contributed by atoms with Gasteiger partial charge in [0.15, 0.2) is 0 Å². The fraction of sp³-hybridized carbons (Fsp3) is 0.389. The predicted octanol–water partition coefficient (Wildman–Crippen LogP) is 4.30. The fourth-order valence-corrected chi connectivity index (χ4v) is 4.22. The number of rotatable bonds is 4. The second kappa shape index (κ2) is 7.16. The number of halogens is 1. The quantitative estimate of drug-likeness (QED) is 0.840. The van der Waals surface area contributed by atoms with Crippen LogP contribution in [0.3, 0.4) is 0 Å². The average molecular weight is 394 g/mol. The van der Waals surface area contributed by atoms with Gasteiger partial charge in [-0.2, -0.15) is 0 Å². The van der Waals surface area contributed by atoms with E-state index in [9.17, 15) is 4.79 Å². The zero-order valence-electron chi connectivity index (χ0n) is 13.1. The van der Waals surface area contributed by atoms with Gasteiger partial charge < -0.3 is 10.1 Å². The van der Waals surface area contributed by atoms with Crippen LogP contribution >= 0.6 is 27.3 Å². The maximum absolute atomic E-state index is 12.4. The van der Waals surface area contributed by atoms with Crippen LogP contribution in [0.2, 0.25) is 0 Å². The Balaban J connectivity index is 1.78. The van der Waals surface area contributed by atoms with Crippen LogP contribution < -0.4 is 5.32 Å². The highest BCUT2D eigenvalue weighted by Crippen LogP contribution is 2.35. The van der Waals surface area contributed by atoms with Crippen LogP contribution in [0.1, 0.15) is 33.0 Å². The van der Waals surface area contributed by atoms with Crippen LogP contribution in [0.15, 0.2) is 40.9 Å². The van der Waals surface area contributed by atoms with Crippen molar-refractivity contribution in [3.8, 4) is 0 Å². The highest BCUT2D eigenvalue weighted by Gasteiger charge is 2.35. The molecular formula is C18H20BrNO2S. The van der Waals surface area contributed by atoms with Gasteiger partial charge >= 0.3 is 0 Å². The highest BCUT2D eigenvalue weighted by molar-refractivity contribution is 9.10. The maximum Gasteiger partial charge on any atom is 0.261 e. The number of amides is 1. The van der Waals surface area contributed by atoms with Crippen molar-refractivity contribution < 1.29 is 9.53 Å². The number of hydrogen-bond acceptors (Lipinski definition) is 3. The van der Waals surface area contributed by atoms with Crippen molar-refractivity contribution in [2.75, 3.05) is 19.8 Å². The maximum atomic E-state index is 12.4. The van der Waals surface area contributed by atoms with Crippen LogP contribution in [0.5, 0.6) is 0 Å². The number of hydrogen-bond donors (Lipinski definition) is 1. The minimum atomic E-state index is -0.0516. The van der Waals surface area contributed by atoms with Gasteiger partial charge in [0.05, 0.1) is 4.88 Å². The van der Waals surface area contributed by atoms with Gasteiger partial charge in [0.25, 0.3) is 5.91 Å². The lowest BCUT2D eigenvalue weighted by atomic mass is 9.74. The molecule has 1 fully saturated rings. The molecule has 122 valence electrons. The zero-order valence-corrected chi connectivity index (χ0v) is 15.5. The molecule has 3 nitrogen and oxygen atoms in total. The normalized spacial score (nSPS) is 17.0. The van der Waals surface area contributed by atoms with Crippen molar-refractivity contribution in [3.63, 3.8) is 0 Å². The third kappa shape index (κ3) is 3.84. The third-order valence-electron chi connectivity index (χ3n) is 4.44. The molecule has 5 heteroatoms. The second-order valence-electron chi connectivity index (χ2n) is 6.00. The Morgan fingerprint density at radius 3 is 2.74 bits per heavy atom. The Hall–Kier alpha value is -1.17. The fourth-order valence-electron chi connectivity index (χ4n) is 3.04. The summed E-state index contributed by atoms with van der Waals surface area (Å²) < 4.78 is 6.62. The summed E-state index contributed by atoms with van der Waals surface area (Å²) in [5.74, 6) is 0.0176. The van der Waals surface area contributed by atoms with Crippen molar-refractivity contribution in [2.45, 2.75) is 25.2 Å². The Morgan fingerprint density at radius 2 is 2.09 bits per heavy atom. The second-order valence-corrected chi connectivity index (χ2v) is 8.20. The van der Waals surface area contributed by atoms with E-state index in [0.717, 1.165) is 40.3 Å². The minimum Gasteiger partial charge on any atom is -0.381 e. The van der Waals surface area contributed by atoms with Crippen molar-refractivity contribution in [2.24, 2.45) is 0 Å². The van der Waals surface area contributed by atoms with Crippen molar-refractivity contribution in [1.82, 2.24) is 5.32 Å². The molecule has 1 saturated heterocycles. The first-order chi connectivity index (χ1) is 11.1. The molecule has 1 N–H and O–H groups in total. The van der Waals surface area contributed by atoms with E-state index >= 15 is 0 Å². The molecule has 0 saturated carbocycles. The molecule has 0 bridgehead atoms. The topological polar surface area (TPSA) is 38.3 Å². The first-order valence-electron chi connectivity index (χ1n) is 7.77. The Bertz CT molecular complexity index is 692. The number of aryl methyl sites for hydroxylation is 1. The number of carbonyl (C=O) groups is 1. The highest BCUT2D eigenvalue weighted by atomic mass is 79.9. The summed E-state index contributed by atoms with van der Waals surface area (Å²) in [6.07, 6.45) is 1.85. The minimum absolute atomic E-state index is 0.0176. The number of ether oxygens (including phenoxy) is 1. The van der Waals surface area contributed by atoms with E-state index in [1.54, 1.807) is 0 Å². The molecule has 0 unspecified atom stereocenters. The lowest BCUT2D eigenvalue weighted by molar-refractivity contribution is 0.0487. The molecule has 2 heterocycles. The van der Waals surface area contributed by atoms with Crippen LogP contribution in [0, 0.1) is 6.92 Å². The van der Waals surface area contributed by atoms with E-state index in [1.807, 2.05) is 25.1 Å². The van der Waals surface area contributed by atoms with Crippen molar-refractivity contribution in [3.05, 3.63) is 56.2 Å². The molecule has 1 aliphatic rings. The van der Waals surface area contributed by atoms with Gasteiger partial charge in [0.2, 0.25) is 0 Å². The van der Waals surface area contributed by atoms with Gasteiger partial charge in [-0.15, -0.1) is 11.3 Å². The molecule has 0 spiro atoms. The van der Waals surface area contributed by atoms with Crippen molar-refractivity contribution >= 4 is 33.2 Å². The lowest BCUT2D eigenvalue weighted by Gasteiger charge is -2.38. The Morgan fingerprint density at radius 1 is 1.30 bits per heavy atom. The van der Waals surface area contributed by atoms with E-state index < -0.39 is 0 Å². The summed E-state index contributed by atoms with van der Waals surface area (Å²) in [4.78, 5) is 14.3. The molecule has 0 atom stereocenters. The molecule has 0 aliphatic carbocycles. The van der Waals surface area contributed by atoms with Crippen LogP contribution in [0.25, 0.3) is 0 Å². The van der Waals surface area contributed by atoms with E-state index in [-0.39, 0.29) is 11.3 Å². The molecule has 1 aromatic heterocycles. The van der Waals surface area contributed by atoms with Gasteiger partial charge in [0.1, 0.15) is 0 Å². The van der Waals surface area contributed by atoms with Gasteiger partial charge in [-0.3, -0.25) is 4.79 Å². The van der Waals surface area contributed by atoms with Crippen LogP contribution in [-0.4, -0.2) is 25.7 Å². The predicted molar refractivity (Wildman–Crippen MR) is 97.3 cm³/mol. The summed E-state index contributed by atoms with van der Waals surface area (Å²) in [5.41, 5.74) is 1.21. The molecule has 23 heavy (non-hydrogen) atoms. The first kappa shape index (κ1) is 16.7. The lowest BCUT2D eigenvalue weighted by Crippen LogP contribution is -2.44. The van der Waals surface area contributed by atoms with E-state index in [1.165, 1.54) is 16.9 Å². The van der Waals surface area contributed by atoms with Crippen molar-refractivity contribution in [1.29, 1.82) is 0 Å². The standard InChI is InChI=1S/C18H20BrNO2S/c1-13-5-6-16(23-13)17(21)20-12-18(7-9-22-10-8-18)14-3-2-4-15(19)11-14/h2-6,11H,7-10,12H2,1H3,(H,20,21). The SMILES string of the molecule is Cc1ccc(C(=O)NCC2(c3cccc(Br)c3)CCOCC2)s1. The largest absolute Gasteiger partial charge is 0.381 e.